The van der Waals surface area contributed by atoms with E-state index in [-0.39, 0.29) is 31.5 Å². The minimum atomic E-state index is -3.40. The van der Waals surface area contributed by atoms with Crippen LogP contribution in [0.2, 0.25) is 0 Å². The van der Waals surface area contributed by atoms with Crippen LogP contribution in [0.4, 0.5) is 5.69 Å². The molecular weight excluding hydrogens is 330 g/mol. The summed E-state index contributed by atoms with van der Waals surface area (Å²) in [5, 5.41) is 11.5. The van der Waals surface area contributed by atoms with Gasteiger partial charge in [0.1, 0.15) is 0 Å². The maximum Gasteiger partial charge on any atom is 0.225 e. The van der Waals surface area contributed by atoms with Crippen molar-refractivity contribution in [2.75, 3.05) is 31.3 Å². The van der Waals surface area contributed by atoms with Gasteiger partial charge >= 0.3 is 0 Å². The van der Waals surface area contributed by atoms with Gasteiger partial charge in [-0.1, -0.05) is 6.07 Å². The average molecular weight is 351 g/mol. The number of nitrogens with one attached hydrogen (secondary N) is 1. The minimum absolute atomic E-state index is 0.0383. The van der Waals surface area contributed by atoms with Crippen LogP contribution in [0.15, 0.2) is 24.3 Å². The first-order valence-electron chi connectivity index (χ1n) is 7.75. The molecule has 0 aromatic heterocycles. The van der Waals surface area contributed by atoms with Crippen molar-refractivity contribution in [3.8, 4) is 6.07 Å². The van der Waals surface area contributed by atoms with Crippen molar-refractivity contribution >= 4 is 21.6 Å². The van der Waals surface area contributed by atoms with Crippen molar-refractivity contribution in [3.05, 3.63) is 29.8 Å². The van der Waals surface area contributed by atoms with Gasteiger partial charge in [-0.2, -0.15) is 9.57 Å². The Morgan fingerprint density at radius 3 is 2.92 bits per heavy atom. The molecule has 1 N–H and O–H groups in total. The summed E-state index contributed by atoms with van der Waals surface area (Å²) in [6, 6.07) is 8.56. The monoisotopic (exact) mass is 351 g/mol. The summed E-state index contributed by atoms with van der Waals surface area (Å²) in [7, 11) is -3.40. The van der Waals surface area contributed by atoms with Gasteiger partial charge in [-0.15, -0.1) is 0 Å². The Morgan fingerprint density at radius 2 is 2.29 bits per heavy atom. The van der Waals surface area contributed by atoms with Gasteiger partial charge in [0.05, 0.1) is 24.0 Å². The van der Waals surface area contributed by atoms with Crippen molar-refractivity contribution in [3.63, 3.8) is 0 Å². The van der Waals surface area contributed by atoms with E-state index in [9.17, 15) is 13.2 Å². The van der Waals surface area contributed by atoms with Crippen LogP contribution < -0.4 is 5.32 Å². The Hall–Kier alpha value is -1.95. The molecule has 0 bridgehead atoms. The molecule has 8 heteroatoms. The van der Waals surface area contributed by atoms with E-state index < -0.39 is 10.0 Å². The zero-order valence-corrected chi connectivity index (χ0v) is 14.4. The molecule has 1 atom stereocenters. The lowest BCUT2D eigenvalue weighted by Crippen LogP contribution is -2.38. The van der Waals surface area contributed by atoms with Crippen LogP contribution in [-0.4, -0.2) is 50.7 Å². The lowest BCUT2D eigenvalue weighted by atomic mass is 10.2. The van der Waals surface area contributed by atoms with Crippen molar-refractivity contribution < 1.29 is 17.9 Å². The summed E-state index contributed by atoms with van der Waals surface area (Å²) in [6.07, 6.45) is 2.83. The van der Waals surface area contributed by atoms with Gasteiger partial charge in [0.2, 0.25) is 15.9 Å². The van der Waals surface area contributed by atoms with E-state index in [1.165, 1.54) is 4.31 Å². The van der Waals surface area contributed by atoms with Crippen LogP contribution in [0.3, 0.4) is 0 Å². The van der Waals surface area contributed by atoms with Gasteiger partial charge in [0, 0.05) is 31.8 Å². The fourth-order valence-corrected chi connectivity index (χ4v) is 3.38. The number of ether oxygens (including phenoxy) is 1. The Kier molecular flexibility index (Phi) is 6.31. The topological polar surface area (TPSA) is 99.5 Å². The lowest BCUT2D eigenvalue weighted by molar-refractivity contribution is -0.116. The van der Waals surface area contributed by atoms with Gasteiger partial charge in [-0.05, 0) is 31.0 Å². The Labute approximate surface area is 142 Å². The predicted molar refractivity (Wildman–Crippen MR) is 89.8 cm³/mol. The number of carbonyl (C=O) groups excluding carboxylic acids is 1. The molecule has 0 radical (unpaired) electrons. The maximum absolute atomic E-state index is 12.0. The summed E-state index contributed by atoms with van der Waals surface area (Å²) < 4.78 is 30.5. The largest absolute Gasteiger partial charge is 0.377 e. The van der Waals surface area contributed by atoms with Crippen LogP contribution >= 0.6 is 0 Å². The molecule has 130 valence electrons. The van der Waals surface area contributed by atoms with Gasteiger partial charge in [0.25, 0.3) is 0 Å². The van der Waals surface area contributed by atoms with Crippen LogP contribution in [-0.2, 0) is 19.6 Å². The lowest BCUT2D eigenvalue weighted by Gasteiger charge is -2.22. The SMILES string of the molecule is CS(=O)(=O)N(CCC(=O)Nc1cccc(C#N)c1)CC1CCCO1. The van der Waals surface area contributed by atoms with Crippen LogP contribution in [0.25, 0.3) is 0 Å². The van der Waals surface area contributed by atoms with E-state index in [1.54, 1.807) is 24.3 Å². The first-order valence-corrected chi connectivity index (χ1v) is 9.60. The second-order valence-corrected chi connectivity index (χ2v) is 7.73. The highest BCUT2D eigenvalue weighted by Gasteiger charge is 2.25. The molecule has 1 unspecified atom stereocenters. The van der Waals surface area contributed by atoms with E-state index in [4.69, 9.17) is 10.00 Å². The number of carbonyl (C=O) groups is 1. The van der Waals surface area contributed by atoms with E-state index in [1.807, 2.05) is 6.07 Å². The predicted octanol–water partition coefficient (Wildman–Crippen LogP) is 1.33. The standard InChI is InChI=1S/C16H21N3O4S/c1-24(21,22)19(12-15-6-3-9-23-15)8-7-16(20)18-14-5-2-4-13(10-14)11-17/h2,4-5,10,15H,3,6-9,12H2,1H3,(H,18,20). The first kappa shape index (κ1) is 18.4. The first-order chi connectivity index (χ1) is 11.4. The number of nitrogens with zero attached hydrogens (tertiary/aromatic N) is 2. The van der Waals surface area contributed by atoms with Gasteiger partial charge < -0.3 is 10.1 Å². The molecule has 1 aliphatic rings. The highest BCUT2D eigenvalue weighted by molar-refractivity contribution is 7.88. The molecular formula is C16H21N3O4S. The number of sulfonamides is 1. The van der Waals surface area contributed by atoms with Crippen molar-refractivity contribution in [2.24, 2.45) is 0 Å². The number of hydrogen-bond donors (Lipinski definition) is 1. The second-order valence-electron chi connectivity index (χ2n) is 5.75. The third-order valence-electron chi connectivity index (χ3n) is 3.76. The van der Waals surface area contributed by atoms with Gasteiger partial charge in [-0.3, -0.25) is 4.79 Å². The Morgan fingerprint density at radius 1 is 1.50 bits per heavy atom. The van der Waals surface area contributed by atoms with Crippen LogP contribution in [0, 0.1) is 11.3 Å². The number of nitriles is 1. The number of rotatable bonds is 7. The fourth-order valence-electron chi connectivity index (χ4n) is 2.52. The van der Waals surface area contributed by atoms with Crippen molar-refractivity contribution in [2.45, 2.75) is 25.4 Å². The number of amides is 1. The Balaban J connectivity index is 1.90. The molecule has 1 saturated heterocycles. The summed E-state index contributed by atoms with van der Waals surface area (Å²) in [6.45, 7) is 1.02. The third-order valence-corrected chi connectivity index (χ3v) is 5.03. The zero-order valence-electron chi connectivity index (χ0n) is 13.6. The van der Waals surface area contributed by atoms with E-state index in [0.717, 1.165) is 19.1 Å². The van der Waals surface area contributed by atoms with Crippen LogP contribution in [0.1, 0.15) is 24.8 Å². The van der Waals surface area contributed by atoms with Crippen molar-refractivity contribution in [1.29, 1.82) is 5.26 Å². The molecule has 1 fully saturated rings. The quantitative estimate of drug-likeness (QED) is 0.799. The molecule has 2 rings (SSSR count). The zero-order chi connectivity index (χ0) is 17.6. The van der Waals surface area contributed by atoms with E-state index >= 15 is 0 Å². The van der Waals surface area contributed by atoms with Crippen molar-refractivity contribution in [1.82, 2.24) is 4.31 Å². The summed E-state index contributed by atoms with van der Waals surface area (Å²) >= 11 is 0. The molecule has 0 saturated carbocycles. The second kappa shape index (κ2) is 8.24. The van der Waals surface area contributed by atoms with E-state index in [2.05, 4.69) is 5.32 Å². The Bertz CT molecular complexity index is 721. The minimum Gasteiger partial charge on any atom is -0.377 e. The molecule has 1 heterocycles. The van der Waals surface area contributed by atoms with Gasteiger partial charge in [0.15, 0.2) is 0 Å². The molecule has 7 nitrogen and oxygen atoms in total. The molecule has 24 heavy (non-hydrogen) atoms. The molecule has 0 aliphatic carbocycles. The number of hydrogen-bond acceptors (Lipinski definition) is 5. The molecule has 1 amide bonds. The van der Waals surface area contributed by atoms with E-state index in [0.29, 0.717) is 17.9 Å². The number of benzene rings is 1. The fraction of sp³-hybridized carbons (Fsp3) is 0.500. The average Bonchev–Trinajstić information content (AvgIpc) is 3.03. The molecule has 1 aliphatic heterocycles. The molecule has 0 spiro atoms. The summed E-state index contributed by atoms with van der Waals surface area (Å²) in [5.74, 6) is -0.300. The number of anilines is 1. The van der Waals surface area contributed by atoms with Crippen LogP contribution in [0.5, 0.6) is 0 Å². The van der Waals surface area contributed by atoms with Gasteiger partial charge in [-0.25, -0.2) is 8.42 Å². The third kappa shape index (κ3) is 5.60. The summed E-state index contributed by atoms with van der Waals surface area (Å²) in [5.41, 5.74) is 0.966. The summed E-state index contributed by atoms with van der Waals surface area (Å²) in [4.78, 5) is 12.0. The normalized spacial score (nSPS) is 17.6. The highest BCUT2D eigenvalue weighted by Crippen LogP contribution is 2.15. The molecule has 1 aromatic carbocycles. The smallest absolute Gasteiger partial charge is 0.225 e. The maximum atomic E-state index is 12.0. The highest BCUT2D eigenvalue weighted by atomic mass is 32.2. The molecule has 1 aromatic rings.